The quantitative estimate of drug-likeness (QED) is 0.112. The minimum Gasteiger partial charge on any atom is -0.493 e. The molecule has 5 rings (SSSR count). The van der Waals surface area contributed by atoms with E-state index in [9.17, 15) is 9.59 Å². The zero-order valence-corrected chi connectivity index (χ0v) is 28.9. The zero-order valence-electron chi connectivity index (χ0n) is 28.9. The molecule has 0 amide bonds. The number of fused-ring (bicyclic) bond motifs is 8. The average Bonchev–Trinajstić information content (AvgIpc) is 3.09. The van der Waals surface area contributed by atoms with Crippen molar-refractivity contribution in [1.82, 2.24) is 0 Å². The summed E-state index contributed by atoms with van der Waals surface area (Å²) in [4.78, 5) is 24.7. The van der Waals surface area contributed by atoms with E-state index in [-0.39, 0.29) is 0 Å². The zero-order chi connectivity index (χ0) is 33.9. The second kappa shape index (κ2) is 17.0. The molecule has 1 aliphatic carbocycles. The topological polar surface area (TPSA) is 71.1 Å². The van der Waals surface area contributed by atoms with Gasteiger partial charge in [0.25, 0.3) is 0 Å². The first-order valence-corrected chi connectivity index (χ1v) is 17.5. The molecule has 0 atom stereocenters. The summed E-state index contributed by atoms with van der Waals surface area (Å²) in [5, 5.41) is 0. The van der Waals surface area contributed by atoms with Crippen LogP contribution in [0.2, 0.25) is 0 Å². The van der Waals surface area contributed by atoms with Crippen LogP contribution in [0, 0.1) is 0 Å². The van der Waals surface area contributed by atoms with Gasteiger partial charge in [-0.3, -0.25) is 9.59 Å². The SMILES string of the molecule is CCCOc1c2cccc1Cc1cc(C=O)cc(c1OCCC)Cc1cccc(c1OCCC)Cc1cc(C=O)cc(c1OCCC)C2. The molecule has 0 aliphatic heterocycles. The van der Waals surface area contributed by atoms with Crippen molar-refractivity contribution < 1.29 is 28.5 Å². The first-order chi connectivity index (χ1) is 23.5. The summed E-state index contributed by atoms with van der Waals surface area (Å²) in [6.45, 7) is 10.7. The third-order valence-corrected chi connectivity index (χ3v) is 8.48. The summed E-state index contributed by atoms with van der Waals surface area (Å²) in [5.41, 5.74) is 9.05. The van der Waals surface area contributed by atoms with Gasteiger partial charge in [0.05, 0.1) is 26.4 Å². The Morgan fingerprint density at radius 2 is 0.688 bits per heavy atom. The highest BCUT2D eigenvalue weighted by Crippen LogP contribution is 2.39. The Morgan fingerprint density at radius 3 is 0.917 bits per heavy atom. The van der Waals surface area contributed by atoms with Crippen LogP contribution in [-0.2, 0) is 25.7 Å². The smallest absolute Gasteiger partial charge is 0.150 e. The molecule has 0 radical (unpaired) electrons. The number of carbonyl (C=O) groups is 2. The van der Waals surface area contributed by atoms with E-state index in [1.54, 1.807) is 0 Å². The van der Waals surface area contributed by atoms with Crippen LogP contribution in [0.4, 0.5) is 0 Å². The lowest BCUT2D eigenvalue weighted by molar-refractivity contribution is 0.111. The first kappa shape index (κ1) is 34.7. The third kappa shape index (κ3) is 8.10. The van der Waals surface area contributed by atoms with Gasteiger partial charge < -0.3 is 18.9 Å². The first-order valence-electron chi connectivity index (χ1n) is 17.5. The van der Waals surface area contributed by atoms with E-state index in [0.29, 0.717) is 63.2 Å². The highest BCUT2D eigenvalue weighted by atomic mass is 16.5. The molecule has 0 unspecified atom stereocenters. The molecule has 252 valence electrons. The Balaban J connectivity index is 1.82. The highest BCUT2D eigenvalue weighted by molar-refractivity contribution is 5.78. The summed E-state index contributed by atoms with van der Waals surface area (Å²) in [6.07, 6.45) is 7.38. The van der Waals surface area contributed by atoms with E-state index >= 15 is 0 Å². The van der Waals surface area contributed by atoms with Crippen LogP contribution in [0.15, 0.2) is 60.7 Å². The van der Waals surface area contributed by atoms with Gasteiger partial charge in [-0.05, 0) is 94.5 Å². The van der Waals surface area contributed by atoms with E-state index in [1.807, 2.05) is 24.3 Å². The molecule has 0 fully saturated rings. The predicted molar refractivity (Wildman–Crippen MR) is 191 cm³/mol. The van der Waals surface area contributed by atoms with E-state index in [2.05, 4.69) is 64.1 Å². The van der Waals surface area contributed by atoms with E-state index in [4.69, 9.17) is 18.9 Å². The van der Waals surface area contributed by atoms with Crippen molar-refractivity contribution in [1.29, 1.82) is 0 Å². The van der Waals surface area contributed by atoms with E-state index in [1.165, 1.54) is 0 Å². The van der Waals surface area contributed by atoms with Crippen LogP contribution in [-0.4, -0.2) is 39.0 Å². The van der Waals surface area contributed by atoms with Crippen molar-refractivity contribution >= 4 is 12.6 Å². The number of aldehydes is 2. The minimum absolute atomic E-state index is 0.526. The number of rotatable bonds is 14. The van der Waals surface area contributed by atoms with Gasteiger partial charge in [-0.2, -0.15) is 0 Å². The standard InChI is InChI=1S/C42H48O6/c1-5-15-45-39-31-11-9-12-32(39)24-36-20-30(28-44)22-38(42(36)48-18-8-4)26-34-14-10-13-33(40(34)46-16-6-2)25-37-21-29(27-43)19-35(23-31)41(37)47-17-7-3/h9-14,19-22,27-28H,5-8,15-18,23-26H2,1-4H3. The van der Waals surface area contributed by atoms with E-state index in [0.717, 1.165) is 106 Å². The maximum Gasteiger partial charge on any atom is 0.150 e. The lowest BCUT2D eigenvalue weighted by Gasteiger charge is -2.23. The molecule has 6 nitrogen and oxygen atoms in total. The molecule has 0 heterocycles. The lowest BCUT2D eigenvalue weighted by atomic mass is 9.90. The molecule has 0 saturated carbocycles. The molecule has 0 aromatic heterocycles. The molecule has 48 heavy (non-hydrogen) atoms. The summed E-state index contributed by atoms with van der Waals surface area (Å²) < 4.78 is 26.1. The largest absolute Gasteiger partial charge is 0.493 e. The van der Waals surface area contributed by atoms with Crippen LogP contribution in [0.3, 0.4) is 0 Å². The summed E-state index contributed by atoms with van der Waals surface area (Å²) in [7, 11) is 0. The Bertz CT molecular complexity index is 1500. The predicted octanol–water partition coefficient (Wildman–Crippen LogP) is 9.14. The lowest BCUT2D eigenvalue weighted by Crippen LogP contribution is -2.10. The van der Waals surface area contributed by atoms with Gasteiger partial charge in [0.2, 0.25) is 0 Å². The minimum atomic E-state index is 0.526. The normalized spacial score (nSPS) is 12.2. The monoisotopic (exact) mass is 648 g/mol. The average molecular weight is 649 g/mol. The summed E-state index contributed by atoms with van der Waals surface area (Å²) in [5.74, 6) is 3.27. The van der Waals surface area contributed by atoms with Gasteiger partial charge in [-0.1, -0.05) is 64.1 Å². The molecule has 4 aromatic rings. The number of carbonyl (C=O) groups excluding carboxylic acids is 2. The molecule has 1 aliphatic rings. The van der Waals surface area contributed by atoms with Crippen LogP contribution in [0.5, 0.6) is 23.0 Å². The fourth-order valence-corrected chi connectivity index (χ4v) is 6.44. The second-order valence-corrected chi connectivity index (χ2v) is 12.5. The van der Waals surface area contributed by atoms with Crippen molar-refractivity contribution in [2.24, 2.45) is 0 Å². The van der Waals surface area contributed by atoms with Gasteiger partial charge in [0.15, 0.2) is 0 Å². The summed E-state index contributed by atoms with van der Waals surface area (Å²) in [6, 6.07) is 20.3. The number of benzene rings is 4. The Morgan fingerprint density at radius 1 is 0.438 bits per heavy atom. The molecule has 6 heteroatoms. The molecule has 0 saturated heterocycles. The number of ether oxygens (including phenoxy) is 4. The van der Waals surface area contributed by atoms with Crippen molar-refractivity contribution in [2.45, 2.75) is 79.1 Å². The van der Waals surface area contributed by atoms with Crippen LogP contribution >= 0.6 is 0 Å². The van der Waals surface area contributed by atoms with Gasteiger partial charge in [0.1, 0.15) is 35.6 Å². The van der Waals surface area contributed by atoms with Crippen molar-refractivity contribution in [3.63, 3.8) is 0 Å². The number of hydrogen-bond acceptors (Lipinski definition) is 6. The maximum atomic E-state index is 12.3. The van der Waals surface area contributed by atoms with Crippen LogP contribution in [0.25, 0.3) is 0 Å². The van der Waals surface area contributed by atoms with Gasteiger partial charge in [-0.25, -0.2) is 0 Å². The third-order valence-electron chi connectivity index (χ3n) is 8.48. The van der Waals surface area contributed by atoms with Crippen molar-refractivity contribution in [2.75, 3.05) is 26.4 Å². The highest BCUT2D eigenvalue weighted by Gasteiger charge is 2.23. The fraction of sp³-hybridized carbons (Fsp3) is 0.381. The fourth-order valence-electron chi connectivity index (χ4n) is 6.44. The molecule has 4 aromatic carbocycles. The van der Waals surface area contributed by atoms with Crippen LogP contribution in [0.1, 0.15) is 119 Å². The van der Waals surface area contributed by atoms with Crippen LogP contribution < -0.4 is 18.9 Å². The number of hydrogen-bond donors (Lipinski definition) is 0. The molecule has 0 spiro atoms. The van der Waals surface area contributed by atoms with Gasteiger partial charge in [0, 0.05) is 36.8 Å². The molecule has 0 N–H and O–H groups in total. The van der Waals surface area contributed by atoms with Crippen molar-refractivity contribution in [3.8, 4) is 23.0 Å². The Kier molecular flexibility index (Phi) is 12.3. The molecular formula is C42H48O6. The van der Waals surface area contributed by atoms with Crippen molar-refractivity contribution in [3.05, 3.63) is 116 Å². The van der Waals surface area contributed by atoms with E-state index < -0.39 is 0 Å². The number of para-hydroxylation sites is 2. The molecular weight excluding hydrogens is 600 g/mol. The second-order valence-electron chi connectivity index (χ2n) is 12.5. The van der Waals surface area contributed by atoms with Gasteiger partial charge >= 0.3 is 0 Å². The maximum absolute atomic E-state index is 12.3. The Hall–Kier alpha value is -4.58. The molecule has 8 bridgehead atoms. The summed E-state index contributed by atoms with van der Waals surface area (Å²) >= 11 is 0. The Labute approximate surface area is 285 Å². The van der Waals surface area contributed by atoms with Gasteiger partial charge in [-0.15, -0.1) is 0 Å².